The number of para-hydroxylation sites is 1. The normalized spacial score (nSPS) is 14.6. The van der Waals surface area contributed by atoms with Crippen LogP contribution in [0.4, 0.5) is 30.6 Å². The molecular formula is C23H24F3N9O3. The van der Waals surface area contributed by atoms with Gasteiger partial charge in [-0.15, -0.1) is 23.4 Å². The average Bonchev–Trinajstić information content (AvgIpc) is 2.86. The lowest BCUT2D eigenvalue weighted by Gasteiger charge is -2.31. The first kappa shape index (κ1) is 26.7. The lowest BCUT2D eigenvalue weighted by atomic mass is 10.1. The van der Waals surface area contributed by atoms with Crippen molar-refractivity contribution in [2.75, 3.05) is 56.1 Å². The number of nitrogens with one attached hydrogen (secondary N) is 2. The van der Waals surface area contributed by atoms with E-state index in [1.165, 1.54) is 36.7 Å². The van der Waals surface area contributed by atoms with Gasteiger partial charge < -0.3 is 26.0 Å². The summed E-state index contributed by atoms with van der Waals surface area (Å²) in [6.45, 7) is 2.80. The van der Waals surface area contributed by atoms with Crippen LogP contribution in [-0.4, -0.2) is 87.9 Å². The first-order chi connectivity index (χ1) is 18.1. The number of nitrogens with two attached hydrogens (primary N) is 1. The smallest absolute Gasteiger partial charge is 0.403 e. The van der Waals surface area contributed by atoms with E-state index in [1.54, 1.807) is 0 Å². The van der Waals surface area contributed by atoms with Gasteiger partial charge in [0.1, 0.15) is 0 Å². The number of carbonyl (C=O) groups is 2. The van der Waals surface area contributed by atoms with Crippen LogP contribution in [0.1, 0.15) is 10.4 Å². The number of ether oxygens (including phenoxy) is 1. The molecule has 1 aromatic carbocycles. The van der Waals surface area contributed by atoms with Crippen molar-refractivity contribution >= 4 is 29.3 Å². The molecule has 0 unspecified atom stereocenters. The van der Waals surface area contributed by atoms with E-state index in [1.807, 2.05) is 11.9 Å². The van der Waals surface area contributed by atoms with Crippen molar-refractivity contribution in [3.63, 3.8) is 0 Å². The molecule has 0 saturated carbocycles. The van der Waals surface area contributed by atoms with E-state index in [9.17, 15) is 22.8 Å². The van der Waals surface area contributed by atoms with Crippen LogP contribution in [0.3, 0.4) is 0 Å². The molecule has 15 heteroatoms. The fraction of sp³-hybridized carbons (Fsp3) is 0.304. The Hall–Kier alpha value is -4.37. The SMILES string of the molecule is CN1CCN(CC(=O)Nc2cccc(C(=O)Nc3ccc(-c4cnc(N)nc4)nn3)c2OC(F)(F)F)CC1. The number of aromatic nitrogens is 4. The summed E-state index contributed by atoms with van der Waals surface area (Å²) in [5.41, 5.74) is 5.61. The van der Waals surface area contributed by atoms with E-state index in [2.05, 4.69) is 40.4 Å². The average molecular weight is 531 g/mol. The molecule has 12 nitrogen and oxygen atoms in total. The Morgan fingerprint density at radius 3 is 2.37 bits per heavy atom. The highest BCUT2D eigenvalue weighted by Crippen LogP contribution is 2.34. The number of nitrogen functional groups attached to an aromatic ring is 1. The molecule has 2 amide bonds. The number of nitrogens with zero attached hydrogens (tertiary/aromatic N) is 6. The summed E-state index contributed by atoms with van der Waals surface area (Å²) in [6, 6.07) is 6.62. The molecule has 38 heavy (non-hydrogen) atoms. The number of alkyl halides is 3. The van der Waals surface area contributed by atoms with Gasteiger partial charge in [0.25, 0.3) is 5.91 Å². The van der Waals surface area contributed by atoms with Crippen molar-refractivity contribution < 1.29 is 27.5 Å². The number of benzene rings is 1. The van der Waals surface area contributed by atoms with Gasteiger partial charge >= 0.3 is 6.36 Å². The topological polar surface area (TPSA) is 151 Å². The highest BCUT2D eigenvalue weighted by Gasteiger charge is 2.35. The molecule has 1 fully saturated rings. The van der Waals surface area contributed by atoms with Crippen molar-refractivity contribution in [3.8, 4) is 17.0 Å². The van der Waals surface area contributed by atoms with Gasteiger partial charge in [-0.3, -0.25) is 14.5 Å². The number of likely N-dealkylation sites (N-methyl/N-ethyl adjacent to an activating group) is 1. The van der Waals surface area contributed by atoms with Crippen molar-refractivity contribution in [1.82, 2.24) is 30.0 Å². The number of carbonyl (C=O) groups excluding carboxylic acids is 2. The van der Waals surface area contributed by atoms with Gasteiger partial charge in [0.15, 0.2) is 11.6 Å². The number of hydrogen-bond donors (Lipinski definition) is 3. The van der Waals surface area contributed by atoms with Crippen LogP contribution in [0.15, 0.2) is 42.7 Å². The number of halogens is 3. The second-order valence-electron chi connectivity index (χ2n) is 8.45. The zero-order chi connectivity index (χ0) is 27.3. The highest BCUT2D eigenvalue weighted by atomic mass is 19.4. The lowest BCUT2D eigenvalue weighted by Crippen LogP contribution is -2.47. The van der Waals surface area contributed by atoms with Crippen molar-refractivity contribution in [1.29, 1.82) is 0 Å². The summed E-state index contributed by atoms with van der Waals surface area (Å²) < 4.78 is 43.9. The number of hydrogen-bond acceptors (Lipinski definition) is 10. The van der Waals surface area contributed by atoms with E-state index in [4.69, 9.17) is 5.73 Å². The summed E-state index contributed by atoms with van der Waals surface area (Å²) in [5, 5.41) is 12.7. The Kier molecular flexibility index (Phi) is 7.97. The minimum absolute atomic E-state index is 0.0172. The third-order valence-electron chi connectivity index (χ3n) is 5.59. The fourth-order valence-corrected chi connectivity index (χ4v) is 3.65. The molecule has 4 rings (SSSR count). The van der Waals surface area contributed by atoms with Crippen LogP contribution in [-0.2, 0) is 4.79 Å². The minimum Gasteiger partial charge on any atom is -0.403 e. The zero-order valence-electron chi connectivity index (χ0n) is 20.2. The van der Waals surface area contributed by atoms with Gasteiger partial charge in [-0.1, -0.05) is 6.07 Å². The Morgan fingerprint density at radius 1 is 1.03 bits per heavy atom. The lowest BCUT2D eigenvalue weighted by molar-refractivity contribution is -0.274. The molecular weight excluding hydrogens is 507 g/mol. The molecule has 1 aliphatic heterocycles. The molecule has 0 radical (unpaired) electrons. The summed E-state index contributed by atoms with van der Waals surface area (Å²) in [6.07, 6.45) is -2.24. The Balaban J connectivity index is 1.50. The van der Waals surface area contributed by atoms with Gasteiger partial charge in [-0.25, -0.2) is 9.97 Å². The van der Waals surface area contributed by atoms with E-state index in [0.29, 0.717) is 24.3 Å². The summed E-state index contributed by atoms with van der Waals surface area (Å²) in [4.78, 5) is 37.2. The molecule has 2 aromatic heterocycles. The van der Waals surface area contributed by atoms with Crippen LogP contribution in [0.25, 0.3) is 11.3 Å². The van der Waals surface area contributed by atoms with Crippen LogP contribution >= 0.6 is 0 Å². The zero-order valence-corrected chi connectivity index (χ0v) is 20.2. The predicted molar refractivity (Wildman–Crippen MR) is 131 cm³/mol. The molecule has 0 aliphatic carbocycles. The summed E-state index contributed by atoms with van der Waals surface area (Å²) in [7, 11) is 1.96. The summed E-state index contributed by atoms with van der Waals surface area (Å²) in [5.74, 6) is -2.27. The molecule has 0 spiro atoms. The Labute approximate surface area is 215 Å². The second-order valence-corrected chi connectivity index (χ2v) is 8.45. The molecule has 1 aliphatic rings. The third-order valence-corrected chi connectivity index (χ3v) is 5.59. The third kappa shape index (κ3) is 7.10. The minimum atomic E-state index is -5.12. The second kappa shape index (κ2) is 11.4. The maximum atomic E-state index is 13.2. The van der Waals surface area contributed by atoms with Gasteiger partial charge in [0, 0.05) is 44.1 Å². The maximum absolute atomic E-state index is 13.2. The molecule has 4 N–H and O–H groups in total. The van der Waals surface area contributed by atoms with Crippen molar-refractivity contribution in [2.45, 2.75) is 6.36 Å². The largest absolute Gasteiger partial charge is 0.573 e. The maximum Gasteiger partial charge on any atom is 0.573 e. The van der Waals surface area contributed by atoms with Crippen LogP contribution < -0.4 is 21.1 Å². The fourth-order valence-electron chi connectivity index (χ4n) is 3.65. The first-order valence-corrected chi connectivity index (χ1v) is 11.4. The van der Waals surface area contributed by atoms with Gasteiger partial charge in [0.05, 0.1) is 23.5 Å². The molecule has 0 atom stereocenters. The van der Waals surface area contributed by atoms with Gasteiger partial charge in [-0.2, -0.15) is 0 Å². The summed E-state index contributed by atoms with van der Waals surface area (Å²) >= 11 is 0. The first-order valence-electron chi connectivity index (χ1n) is 11.4. The number of amides is 2. The van der Waals surface area contributed by atoms with Gasteiger partial charge in [0.2, 0.25) is 11.9 Å². The number of rotatable bonds is 7. The molecule has 1 saturated heterocycles. The van der Waals surface area contributed by atoms with E-state index < -0.39 is 29.5 Å². The molecule has 0 bridgehead atoms. The number of anilines is 3. The highest BCUT2D eigenvalue weighted by molar-refractivity contribution is 6.08. The monoisotopic (exact) mass is 531 g/mol. The standard InChI is InChI=1S/C23H24F3N9O3/c1-34-7-9-35(10-8-34)13-19(36)30-17-4-2-3-15(20(17)38-23(24,25)26)21(37)31-18-6-5-16(32-33-18)14-11-28-22(27)29-12-14/h2-6,11-12H,7-10,13H2,1H3,(H,30,36)(H2,27,28,29)(H,31,33,37). The predicted octanol–water partition coefficient (Wildman–Crippen LogP) is 1.85. The Bertz CT molecular complexity index is 1280. The van der Waals surface area contributed by atoms with Crippen LogP contribution in [0.2, 0.25) is 0 Å². The van der Waals surface area contributed by atoms with Gasteiger partial charge in [-0.05, 0) is 31.3 Å². The van der Waals surface area contributed by atoms with Crippen molar-refractivity contribution in [2.24, 2.45) is 0 Å². The quantitative estimate of drug-likeness (QED) is 0.412. The van der Waals surface area contributed by atoms with E-state index >= 15 is 0 Å². The van der Waals surface area contributed by atoms with Crippen LogP contribution in [0, 0.1) is 0 Å². The van der Waals surface area contributed by atoms with E-state index in [-0.39, 0.29) is 24.0 Å². The molecule has 3 aromatic rings. The van der Waals surface area contributed by atoms with Crippen LogP contribution in [0.5, 0.6) is 5.75 Å². The van der Waals surface area contributed by atoms with E-state index in [0.717, 1.165) is 19.2 Å². The van der Waals surface area contributed by atoms with Crippen molar-refractivity contribution in [3.05, 3.63) is 48.3 Å². The molecule has 3 heterocycles. The number of piperazine rings is 1. The Morgan fingerprint density at radius 2 is 1.74 bits per heavy atom. The molecule has 200 valence electrons.